The molecule has 0 bridgehead atoms. The minimum Gasteiger partial charge on any atom is -0.329 e. The van der Waals surface area contributed by atoms with Crippen LogP contribution in [0, 0.1) is 17.2 Å². The van der Waals surface area contributed by atoms with Crippen LogP contribution in [0.4, 0.5) is 0 Å². The van der Waals surface area contributed by atoms with Gasteiger partial charge in [0.1, 0.15) is 4.90 Å². The molecule has 1 rings (SSSR count). The molecule has 1 atom stereocenters. The maximum Gasteiger partial charge on any atom is 0.242 e. The zero-order valence-electron chi connectivity index (χ0n) is 11.6. The fourth-order valence-corrected chi connectivity index (χ4v) is 3.64. The van der Waals surface area contributed by atoms with Crippen LogP contribution >= 0.6 is 11.6 Å². The highest BCUT2D eigenvalue weighted by atomic mass is 35.5. The van der Waals surface area contributed by atoms with Gasteiger partial charge in [-0.05, 0) is 31.0 Å². The van der Waals surface area contributed by atoms with Crippen LogP contribution in [0.25, 0.3) is 0 Å². The first-order valence-corrected chi connectivity index (χ1v) is 7.96. The molecule has 3 N–H and O–H groups in total. The van der Waals surface area contributed by atoms with Crippen LogP contribution in [0.1, 0.15) is 26.3 Å². The number of hydrogen-bond acceptors (Lipinski definition) is 4. The van der Waals surface area contributed by atoms with Gasteiger partial charge in [0.15, 0.2) is 0 Å². The van der Waals surface area contributed by atoms with E-state index in [1.165, 1.54) is 18.2 Å². The van der Waals surface area contributed by atoms with Crippen molar-refractivity contribution in [1.82, 2.24) is 4.72 Å². The standard InChI is InChI=1S/C13H18ClN3O2S/c1-9(2)13(3,8-16)17-20(18,19)12-5-4-10(7-15)6-11(12)14/h4-6,9,17H,8,16H2,1-3H3. The summed E-state index contributed by atoms with van der Waals surface area (Å²) in [6.07, 6.45) is 0. The summed E-state index contributed by atoms with van der Waals surface area (Å²) < 4.78 is 27.4. The van der Waals surface area contributed by atoms with Gasteiger partial charge in [0.2, 0.25) is 10.0 Å². The Hall–Kier alpha value is -1.13. The molecule has 20 heavy (non-hydrogen) atoms. The number of nitriles is 1. The Morgan fingerprint density at radius 2 is 2.10 bits per heavy atom. The summed E-state index contributed by atoms with van der Waals surface area (Å²) in [6.45, 7) is 5.68. The average molecular weight is 316 g/mol. The molecule has 0 saturated carbocycles. The first kappa shape index (κ1) is 16.9. The molecule has 0 aliphatic carbocycles. The second kappa shape index (κ2) is 6.10. The monoisotopic (exact) mass is 315 g/mol. The Morgan fingerprint density at radius 1 is 1.50 bits per heavy atom. The van der Waals surface area contributed by atoms with E-state index in [4.69, 9.17) is 22.6 Å². The van der Waals surface area contributed by atoms with Gasteiger partial charge in [-0.15, -0.1) is 0 Å². The molecule has 0 heterocycles. The van der Waals surface area contributed by atoms with Gasteiger partial charge in [0.25, 0.3) is 0 Å². The van der Waals surface area contributed by atoms with Crippen LogP contribution < -0.4 is 10.5 Å². The van der Waals surface area contributed by atoms with Crippen molar-refractivity contribution in [2.24, 2.45) is 11.7 Å². The fraction of sp³-hybridized carbons (Fsp3) is 0.462. The summed E-state index contributed by atoms with van der Waals surface area (Å²) in [4.78, 5) is -0.0570. The third kappa shape index (κ3) is 3.49. The molecule has 0 amide bonds. The molecule has 110 valence electrons. The van der Waals surface area contributed by atoms with E-state index in [9.17, 15) is 8.42 Å². The van der Waals surface area contributed by atoms with Crippen LogP contribution in [0.3, 0.4) is 0 Å². The molecule has 0 aliphatic heterocycles. The first-order valence-electron chi connectivity index (χ1n) is 6.10. The number of nitrogens with zero attached hydrogens (tertiary/aromatic N) is 1. The predicted molar refractivity (Wildman–Crippen MR) is 78.8 cm³/mol. The second-order valence-electron chi connectivity index (χ2n) is 5.14. The summed E-state index contributed by atoms with van der Waals surface area (Å²) in [5.41, 5.74) is 5.21. The number of hydrogen-bond donors (Lipinski definition) is 2. The molecule has 0 saturated heterocycles. The van der Waals surface area contributed by atoms with Crippen LogP contribution in [0.2, 0.25) is 5.02 Å². The molecule has 0 aliphatic rings. The van der Waals surface area contributed by atoms with E-state index in [0.29, 0.717) is 5.56 Å². The Labute approximate surface area is 124 Å². The molecule has 1 aromatic rings. The van der Waals surface area contributed by atoms with Crippen LogP contribution in [-0.2, 0) is 10.0 Å². The molecule has 1 unspecified atom stereocenters. The highest BCUT2D eigenvalue weighted by Crippen LogP contribution is 2.25. The van der Waals surface area contributed by atoms with Crippen molar-refractivity contribution in [1.29, 1.82) is 5.26 Å². The van der Waals surface area contributed by atoms with Crippen molar-refractivity contribution in [3.8, 4) is 6.07 Å². The lowest BCUT2D eigenvalue weighted by Gasteiger charge is -2.33. The molecule has 1 aromatic carbocycles. The minimum atomic E-state index is -3.80. The van der Waals surface area contributed by atoms with Crippen molar-refractivity contribution >= 4 is 21.6 Å². The summed E-state index contributed by atoms with van der Waals surface area (Å²) in [7, 11) is -3.80. The lowest BCUT2D eigenvalue weighted by atomic mass is 9.90. The van der Waals surface area contributed by atoms with Crippen LogP contribution in [0.15, 0.2) is 23.1 Å². The number of benzene rings is 1. The minimum absolute atomic E-state index is 0.0134. The lowest BCUT2D eigenvalue weighted by molar-refractivity contribution is 0.315. The van der Waals surface area contributed by atoms with Crippen molar-refractivity contribution in [3.05, 3.63) is 28.8 Å². The number of halogens is 1. The maximum atomic E-state index is 12.4. The van der Waals surface area contributed by atoms with Gasteiger partial charge in [-0.25, -0.2) is 13.1 Å². The van der Waals surface area contributed by atoms with Crippen LogP contribution in [-0.4, -0.2) is 20.5 Å². The Balaban J connectivity index is 3.22. The molecular weight excluding hydrogens is 298 g/mol. The normalized spacial score (nSPS) is 14.8. The second-order valence-corrected chi connectivity index (χ2v) is 7.20. The third-order valence-electron chi connectivity index (χ3n) is 3.42. The highest BCUT2D eigenvalue weighted by Gasteiger charge is 2.33. The summed E-state index contributed by atoms with van der Waals surface area (Å²) in [6, 6.07) is 5.96. The topological polar surface area (TPSA) is 96.0 Å². The molecule has 0 aromatic heterocycles. The molecule has 5 nitrogen and oxygen atoms in total. The van der Waals surface area contributed by atoms with Gasteiger partial charge in [-0.2, -0.15) is 5.26 Å². The van der Waals surface area contributed by atoms with Gasteiger partial charge in [0.05, 0.1) is 16.7 Å². The highest BCUT2D eigenvalue weighted by molar-refractivity contribution is 7.89. The van der Waals surface area contributed by atoms with E-state index in [1.807, 2.05) is 19.9 Å². The fourth-order valence-electron chi connectivity index (χ4n) is 1.55. The van der Waals surface area contributed by atoms with E-state index in [2.05, 4.69) is 4.72 Å². The number of rotatable bonds is 5. The number of sulfonamides is 1. The first-order chi connectivity index (χ1) is 9.16. The van der Waals surface area contributed by atoms with E-state index in [-0.39, 0.29) is 22.4 Å². The molecular formula is C13H18ClN3O2S. The average Bonchev–Trinajstić information content (AvgIpc) is 2.37. The van der Waals surface area contributed by atoms with Gasteiger partial charge < -0.3 is 5.73 Å². The molecule has 7 heteroatoms. The van der Waals surface area contributed by atoms with Gasteiger partial charge in [0, 0.05) is 12.1 Å². The van der Waals surface area contributed by atoms with Gasteiger partial charge >= 0.3 is 0 Å². The zero-order chi connectivity index (χ0) is 15.6. The Kier molecular flexibility index (Phi) is 5.16. The van der Waals surface area contributed by atoms with E-state index in [0.717, 1.165) is 0 Å². The van der Waals surface area contributed by atoms with E-state index < -0.39 is 15.6 Å². The smallest absolute Gasteiger partial charge is 0.242 e. The molecule has 0 radical (unpaired) electrons. The summed E-state index contributed by atoms with van der Waals surface area (Å²) in [5.74, 6) is 0.0134. The van der Waals surface area contributed by atoms with Crippen molar-refractivity contribution in [2.75, 3.05) is 6.54 Å². The summed E-state index contributed by atoms with van der Waals surface area (Å²) in [5, 5.41) is 8.78. The van der Waals surface area contributed by atoms with Crippen molar-refractivity contribution < 1.29 is 8.42 Å². The maximum absolute atomic E-state index is 12.4. The van der Waals surface area contributed by atoms with Crippen molar-refractivity contribution in [2.45, 2.75) is 31.2 Å². The number of nitrogens with one attached hydrogen (secondary N) is 1. The quantitative estimate of drug-likeness (QED) is 0.866. The van der Waals surface area contributed by atoms with E-state index >= 15 is 0 Å². The van der Waals surface area contributed by atoms with Crippen LogP contribution in [0.5, 0.6) is 0 Å². The van der Waals surface area contributed by atoms with Gasteiger partial charge in [-0.3, -0.25) is 0 Å². The molecule has 0 spiro atoms. The zero-order valence-corrected chi connectivity index (χ0v) is 13.2. The van der Waals surface area contributed by atoms with Crippen molar-refractivity contribution in [3.63, 3.8) is 0 Å². The summed E-state index contributed by atoms with van der Waals surface area (Å²) >= 11 is 5.94. The third-order valence-corrected chi connectivity index (χ3v) is 5.51. The predicted octanol–water partition coefficient (Wildman–Crippen LogP) is 1.86. The van der Waals surface area contributed by atoms with Gasteiger partial charge in [-0.1, -0.05) is 25.4 Å². The lowest BCUT2D eigenvalue weighted by Crippen LogP contribution is -2.54. The Bertz CT molecular complexity index is 638. The number of nitrogens with two attached hydrogens (primary N) is 1. The van der Waals surface area contributed by atoms with E-state index in [1.54, 1.807) is 6.92 Å². The largest absolute Gasteiger partial charge is 0.329 e. The Morgan fingerprint density at radius 3 is 2.50 bits per heavy atom. The molecule has 0 fully saturated rings. The SMILES string of the molecule is CC(C)C(C)(CN)NS(=O)(=O)c1ccc(C#N)cc1Cl.